The van der Waals surface area contributed by atoms with Crippen molar-refractivity contribution >= 4 is 6.21 Å². The molecule has 0 atom stereocenters. The van der Waals surface area contributed by atoms with E-state index in [-0.39, 0.29) is 0 Å². The molecule has 4 nitrogen and oxygen atoms in total. The summed E-state index contributed by atoms with van der Waals surface area (Å²) >= 11 is 0. The highest BCUT2D eigenvalue weighted by Crippen LogP contribution is 1.63. The van der Waals surface area contributed by atoms with Gasteiger partial charge in [0.05, 0.1) is 6.54 Å². The lowest BCUT2D eigenvalue weighted by Gasteiger charge is -1.68. The third-order valence-electron chi connectivity index (χ3n) is 0.409. The highest BCUT2D eigenvalue weighted by Gasteiger charge is 1.63. The molecule has 0 radical (unpaired) electrons. The van der Waals surface area contributed by atoms with Crippen LogP contribution in [0.2, 0.25) is 0 Å². The third-order valence-corrected chi connectivity index (χ3v) is 0.409. The van der Waals surface area contributed by atoms with E-state index in [1.54, 1.807) is 13.3 Å². The fourth-order valence-corrected chi connectivity index (χ4v) is 0.155. The average molecular weight is 98.1 g/mol. The highest BCUT2D eigenvalue weighted by molar-refractivity contribution is 5.59. The summed E-state index contributed by atoms with van der Waals surface area (Å²) in [6, 6.07) is 0. The maximum absolute atomic E-state index is 7.69. The van der Waals surface area contributed by atoms with Crippen molar-refractivity contribution in [1.82, 2.24) is 0 Å². The predicted octanol–water partition coefficient (Wildman–Crippen LogP) is 0.997. The molecule has 4 heteroatoms. The van der Waals surface area contributed by atoms with Gasteiger partial charge < -0.3 is 4.99 Å². The molecule has 0 rings (SSSR count). The molecule has 0 amide bonds. The van der Waals surface area contributed by atoms with Crippen molar-refractivity contribution in [2.24, 2.45) is 10.1 Å². The Hall–Kier alpha value is -1.02. The smallest absolute Gasteiger partial charge is 0.0610 e. The summed E-state index contributed by atoms with van der Waals surface area (Å²) in [5, 5.41) is 3.19. The molecule has 0 unspecified atom stereocenters. The molecule has 0 aliphatic carbocycles. The Morgan fingerprint density at radius 1 is 1.86 bits per heavy atom. The zero-order valence-electron chi connectivity index (χ0n) is 4.07. The molecule has 0 aromatic rings. The number of aliphatic imine (C=N–C) groups is 1. The van der Waals surface area contributed by atoms with Crippen LogP contribution >= 0.6 is 0 Å². The van der Waals surface area contributed by atoms with E-state index >= 15 is 0 Å². The van der Waals surface area contributed by atoms with Crippen molar-refractivity contribution in [3.8, 4) is 0 Å². The maximum atomic E-state index is 7.69. The van der Waals surface area contributed by atoms with Crippen LogP contribution in [0.4, 0.5) is 0 Å². The van der Waals surface area contributed by atoms with Gasteiger partial charge in [0, 0.05) is 18.2 Å². The SMILES string of the molecule is C/N=C/CN=[N+]=[N-]. The first-order valence-electron chi connectivity index (χ1n) is 1.83. The molecule has 38 valence electrons. The van der Waals surface area contributed by atoms with Gasteiger partial charge in [-0.05, 0) is 5.53 Å². The van der Waals surface area contributed by atoms with E-state index in [0.29, 0.717) is 6.54 Å². The molecule has 0 aromatic carbocycles. The monoisotopic (exact) mass is 98.1 g/mol. The van der Waals surface area contributed by atoms with Crippen molar-refractivity contribution in [1.29, 1.82) is 0 Å². The van der Waals surface area contributed by atoms with Gasteiger partial charge >= 0.3 is 0 Å². The molecule has 0 saturated carbocycles. The van der Waals surface area contributed by atoms with E-state index in [4.69, 9.17) is 5.53 Å². The lowest BCUT2D eigenvalue weighted by Crippen LogP contribution is -1.74. The van der Waals surface area contributed by atoms with E-state index in [1.165, 1.54) is 0 Å². The summed E-state index contributed by atoms with van der Waals surface area (Å²) in [5.41, 5.74) is 7.69. The molecule has 0 fully saturated rings. The van der Waals surface area contributed by atoms with Crippen LogP contribution in [-0.4, -0.2) is 19.8 Å². The Balaban J connectivity index is 3.15. The van der Waals surface area contributed by atoms with E-state index in [9.17, 15) is 0 Å². The lowest BCUT2D eigenvalue weighted by atomic mass is 10.7. The van der Waals surface area contributed by atoms with Gasteiger partial charge in [0.2, 0.25) is 0 Å². The number of azide groups is 1. The predicted molar refractivity (Wildman–Crippen MR) is 28.4 cm³/mol. The molecular weight excluding hydrogens is 92.1 g/mol. The molecule has 0 aliphatic rings. The van der Waals surface area contributed by atoms with Gasteiger partial charge in [-0.15, -0.1) is 0 Å². The van der Waals surface area contributed by atoms with Crippen LogP contribution in [0.15, 0.2) is 10.1 Å². The number of rotatable bonds is 2. The summed E-state index contributed by atoms with van der Waals surface area (Å²) in [6.07, 6.45) is 1.54. The molecule has 0 aromatic heterocycles. The van der Waals surface area contributed by atoms with Crippen molar-refractivity contribution in [2.75, 3.05) is 13.6 Å². The van der Waals surface area contributed by atoms with Crippen molar-refractivity contribution < 1.29 is 0 Å². The third kappa shape index (κ3) is 4.98. The average Bonchev–Trinajstić information content (AvgIpc) is 1.69. The Morgan fingerprint density at radius 2 is 2.57 bits per heavy atom. The van der Waals surface area contributed by atoms with E-state index in [1.807, 2.05) is 0 Å². The topological polar surface area (TPSA) is 61.1 Å². The number of hydrogen-bond acceptors (Lipinski definition) is 2. The molecule has 0 heterocycles. The second-order valence-electron chi connectivity index (χ2n) is 0.854. The van der Waals surface area contributed by atoms with Gasteiger partial charge in [0.15, 0.2) is 0 Å². The first kappa shape index (κ1) is 5.98. The fourth-order valence-electron chi connectivity index (χ4n) is 0.155. The number of nitrogens with zero attached hydrogens (tertiary/aromatic N) is 4. The summed E-state index contributed by atoms with van der Waals surface area (Å²) in [7, 11) is 1.63. The van der Waals surface area contributed by atoms with Crippen LogP contribution < -0.4 is 0 Å². The molecule has 0 N–H and O–H groups in total. The summed E-state index contributed by atoms with van der Waals surface area (Å²) in [6.45, 7) is 0.354. The molecule has 0 aliphatic heterocycles. The first-order chi connectivity index (χ1) is 3.41. The largest absolute Gasteiger partial charge is 0.301 e. The lowest BCUT2D eigenvalue weighted by molar-refractivity contribution is 1.27. The van der Waals surface area contributed by atoms with Gasteiger partial charge in [0.1, 0.15) is 0 Å². The van der Waals surface area contributed by atoms with Gasteiger partial charge in [-0.25, -0.2) is 0 Å². The fraction of sp³-hybridized carbons (Fsp3) is 0.667. The van der Waals surface area contributed by atoms with Crippen molar-refractivity contribution in [3.05, 3.63) is 10.4 Å². The summed E-state index contributed by atoms with van der Waals surface area (Å²) in [4.78, 5) is 6.09. The minimum absolute atomic E-state index is 0.354. The summed E-state index contributed by atoms with van der Waals surface area (Å²) in [5.74, 6) is 0. The van der Waals surface area contributed by atoms with Gasteiger partial charge in [0.25, 0.3) is 0 Å². The molecular formula is C3H6N4. The Kier molecular flexibility index (Phi) is 4.25. The van der Waals surface area contributed by atoms with Crippen LogP contribution in [0, 0.1) is 0 Å². The standard InChI is InChI=1S/C3H6N4/c1-5-2-3-6-7-4/h2H,3H2,1H3/b5-2+. The van der Waals surface area contributed by atoms with E-state index in [0.717, 1.165) is 0 Å². The molecule has 0 bridgehead atoms. The van der Waals surface area contributed by atoms with Crippen LogP contribution in [0.25, 0.3) is 10.4 Å². The minimum Gasteiger partial charge on any atom is -0.301 e. The second kappa shape index (κ2) is 4.98. The zero-order chi connectivity index (χ0) is 5.54. The number of hydrogen-bond donors (Lipinski definition) is 0. The van der Waals surface area contributed by atoms with Crippen LogP contribution in [-0.2, 0) is 0 Å². The van der Waals surface area contributed by atoms with Crippen LogP contribution in [0.3, 0.4) is 0 Å². The van der Waals surface area contributed by atoms with E-state index in [2.05, 4.69) is 15.0 Å². The summed E-state index contributed by atoms with van der Waals surface area (Å²) < 4.78 is 0. The molecule has 0 spiro atoms. The Morgan fingerprint density at radius 3 is 3.00 bits per heavy atom. The Labute approximate surface area is 41.5 Å². The second-order valence-corrected chi connectivity index (χ2v) is 0.854. The Bertz CT molecular complexity index is 99.5. The normalized spacial score (nSPS) is 8.71. The molecule has 7 heavy (non-hydrogen) atoms. The van der Waals surface area contributed by atoms with Gasteiger partial charge in [-0.3, -0.25) is 0 Å². The minimum atomic E-state index is 0.354. The first-order valence-corrected chi connectivity index (χ1v) is 1.83. The van der Waals surface area contributed by atoms with Gasteiger partial charge in [-0.2, -0.15) is 0 Å². The quantitative estimate of drug-likeness (QED) is 0.214. The molecule has 0 saturated heterocycles. The van der Waals surface area contributed by atoms with Crippen molar-refractivity contribution in [2.45, 2.75) is 0 Å². The highest BCUT2D eigenvalue weighted by atomic mass is 15.1. The van der Waals surface area contributed by atoms with E-state index < -0.39 is 0 Å². The van der Waals surface area contributed by atoms with Crippen LogP contribution in [0.1, 0.15) is 0 Å². The van der Waals surface area contributed by atoms with Gasteiger partial charge in [-0.1, -0.05) is 5.11 Å². The van der Waals surface area contributed by atoms with Crippen molar-refractivity contribution in [3.63, 3.8) is 0 Å². The van der Waals surface area contributed by atoms with Crippen LogP contribution in [0.5, 0.6) is 0 Å². The zero-order valence-corrected chi connectivity index (χ0v) is 4.07. The maximum Gasteiger partial charge on any atom is 0.0610 e.